The van der Waals surface area contributed by atoms with E-state index < -0.39 is 5.97 Å². The van der Waals surface area contributed by atoms with Gasteiger partial charge in [0.1, 0.15) is 0 Å². The van der Waals surface area contributed by atoms with Gasteiger partial charge in [-0.3, -0.25) is 4.79 Å². The summed E-state index contributed by atoms with van der Waals surface area (Å²) in [7, 11) is 0. The van der Waals surface area contributed by atoms with Gasteiger partial charge in [-0.25, -0.2) is 0 Å². The van der Waals surface area contributed by atoms with Crippen molar-refractivity contribution in [3.63, 3.8) is 0 Å². The zero-order valence-corrected chi connectivity index (χ0v) is 11.8. The molecule has 1 aromatic rings. The number of carbonyl (C=O) groups is 1. The first-order valence-corrected chi connectivity index (χ1v) is 7.73. The van der Waals surface area contributed by atoms with Gasteiger partial charge in [0.25, 0.3) is 0 Å². The molecular weight excluding hydrogens is 250 g/mol. The number of hydrogen-bond donors (Lipinski definition) is 2. The van der Waals surface area contributed by atoms with Crippen LogP contribution in [0, 0.1) is 11.8 Å². The van der Waals surface area contributed by atoms with Crippen molar-refractivity contribution < 1.29 is 9.90 Å². The van der Waals surface area contributed by atoms with E-state index in [4.69, 9.17) is 0 Å². The summed E-state index contributed by atoms with van der Waals surface area (Å²) in [5, 5.41) is 13.1. The molecule has 2 N–H and O–H groups in total. The maximum Gasteiger partial charge on any atom is 0.308 e. The van der Waals surface area contributed by atoms with Crippen molar-refractivity contribution in [1.29, 1.82) is 0 Å². The van der Waals surface area contributed by atoms with Gasteiger partial charge in [0.05, 0.1) is 5.92 Å². The van der Waals surface area contributed by atoms with Crippen molar-refractivity contribution >= 4 is 5.97 Å². The van der Waals surface area contributed by atoms with Crippen LogP contribution in [0.25, 0.3) is 0 Å². The highest BCUT2D eigenvalue weighted by Crippen LogP contribution is 2.56. The van der Waals surface area contributed by atoms with E-state index in [0.717, 1.165) is 25.7 Å². The van der Waals surface area contributed by atoms with Gasteiger partial charge in [0.15, 0.2) is 0 Å². The Hall–Kier alpha value is -1.35. The maximum absolute atomic E-state index is 11.5. The quantitative estimate of drug-likeness (QED) is 0.868. The third-order valence-corrected chi connectivity index (χ3v) is 6.14. The summed E-state index contributed by atoms with van der Waals surface area (Å²) in [6.07, 6.45) is 4.01. The molecule has 4 aliphatic rings. The minimum Gasteiger partial charge on any atom is -0.481 e. The van der Waals surface area contributed by atoms with E-state index in [1.807, 2.05) is 0 Å². The highest BCUT2D eigenvalue weighted by molar-refractivity contribution is 5.72. The minimum absolute atomic E-state index is 0.149. The molecule has 5 rings (SSSR count). The normalized spacial score (nSPS) is 41.2. The number of rotatable bonds is 2. The van der Waals surface area contributed by atoms with Crippen LogP contribution in [0.2, 0.25) is 0 Å². The number of hydrogen-bond acceptors (Lipinski definition) is 2. The molecule has 5 atom stereocenters. The lowest BCUT2D eigenvalue weighted by molar-refractivity contribution is -0.149. The lowest BCUT2D eigenvalue weighted by Crippen LogP contribution is -2.69. The Morgan fingerprint density at radius 2 is 2.20 bits per heavy atom. The summed E-state index contributed by atoms with van der Waals surface area (Å²) < 4.78 is 0. The first-order chi connectivity index (χ1) is 9.65. The molecule has 0 radical (unpaired) electrons. The standard InChI is InChI=1S/C17H21NO2/c1-2-17-9-15-11(16(19)20)8-13(17)14(18-15)7-10-5-3-4-6-12(10)17/h3-6,11,13-15,18H,2,7-9H2,1H3,(H,19,20). The van der Waals surface area contributed by atoms with Crippen molar-refractivity contribution in [2.75, 3.05) is 0 Å². The van der Waals surface area contributed by atoms with Crippen molar-refractivity contribution in [2.45, 2.75) is 50.1 Å². The largest absolute Gasteiger partial charge is 0.481 e. The average molecular weight is 271 g/mol. The molecule has 106 valence electrons. The van der Waals surface area contributed by atoms with Crippen LogP contribution in [-0.4, -0.2) is 23.2 Å². The molecule has 1 aromatic carbocycles. The second kappa shape index (κ2) is 4.08. The molecule has 0 spiro atoms. The fourth-order valence-corrected chi connectivity index (χ4v) is 5.27. The van der Waals surface area contributed by atoms with Crippen LogP contribution in [0.15, 0.2) is 24.3 Å². The topological polar surface area (TPSA) is 49.3 Å². The monoisotopic (exact) mass is 271 g/mol. The van der Waals surface area contributed by atoms with Crippen molar-refractivity contribution in [3.05, 3.63) is 35.4 Å². The predicted octanol–water partition coefficient (Wildman–Crippen LogP) is 2.34. The summed E-state index contributed by atoms with van der Waals surface area (Å²) in [5.74, 6) is -0.334. The third-order valence-electron chi connectivity index (χ3n) is 6.14. The van der Waals surface area contributed by atoms with Gasteiger partial charge in [-0.05, 0) is 42.7 Å². The molecule has 0 amide bonds. The molecular formula is C17H21NO2. The number of nitrogens with one attached hydrogen (secondary N) is 1. The van der Waals surface area contributed by atoms with Gasteiger partial charge >= 0.3 is 5.97 Å². The number of carboxylic acids is 1. The fraction of sp³-hybridized carbons (Fsp3) is 0.588. The number of aliphatic carboxylic acids is 1. The Morgan fingerprint density at radius 1 is 1.40 bits per heavy atom. The number of piperidine rings is 2. The second-order valence-electron chi connectivity index (χ2n) is 6.74. The van der Waals surface area contributed by atoms with Crippen molar-refractivity contribution in [2.24, 2.45) is 11.8 Å². The van der Waals surface area contributed by atoms with E-state index in [-0.39, 0.29) is 17.4 Å². The Balaban J connectivity index is 1.83. The molecule has 3 fully saturated rings. The van der Waals surface area contributed by atoms with E-state index >= 15 is 0 Å². The predicted molar refractivity (Wildman–Crippen MR) is 76.7 cm³/mol. The Kier molecular flexibility index (Phi) is 2.53. The van der Waals surface area contributed by atoms with Gasteiger partial charge in [-0.15, -0.1) is 0 Å². The van der Waals surface area contributed by atoms with Crippen LogP contribution in [-0.2, 0) is 16.6 Å². The van der Waals surface area contributed by atoms with Gasteiger partial charge in [-0.1, -0.05) is 31.2 Å². The van der Waals surface area contributed by atoms with Crippen LogP contribution in [0.5, 0.6) is 0 Å². The molecule has 1 saturated carbocycles. The first kappa shape index (κ1) is 12.4. The van der Waals surface area contributed by atoms with E-state index in [2.05, 4.69) is 36.5 Å². The van der Waals surface area contributed by atoms with Crippen LogP contribution >= 0.6 is 0 Å². The number of benzene rings is 1. The Bertz CT molecular complexity index is 570. The van der Waals surface area contributed by atoms with E-state index in [0.29, 0.717) is 12.0 Å². The van der Waals surface area contributed by atoms with Crippen LogP contribution in [0.4, 0.5) is 0 Å². The third kappa shape index (κ3) is 1.42. The Labute approximate surface area is 119 Å². The maximum atomic E-state index is 11.5. The number of fused-ring (bicyclic) bond motifs is 2. The fourth-order valence-electron chi connectivity index (χ4n) is 5.27. The van der Waals surface area contributed by atoms with Crippen molar-refractivity contribution in [3.8, 4) is 0 Å². The second-order valence-corrected chi connectivity index (χ2v) is 6.74. The zero-order chi connectivity index (χ0) is 13.9. The lowest BCUT2D eigenvalue weighted by atomic mass is 9.49. The average Bonchev–Trinajstić information content (AvgIpc) is 2.46. The van der Waals surface area contributed by atoms with Crippen LogP contribution in [0.1, 0.15) is 37.3 Å². The first-order valence-electron chi connectivity index (χ1n) is 7.73. The highest BCUT2D eigenvalue weighted by atomic mass is 16.4. The molecule has 2 heterocycles. The van der Waals surface area contributed by atoms with E-state index in [9.17, 15) is 9.90 Å². The molecule has 20 heavy (non-hydrogen) atoms. The van der Waals surface area contributed by atoms with Crippen LogP contribution < -0.4 is 5.32 Å². The molecule has 2 aliphatic carbocycles. The van der Waals surface area contributed by atoms with Crippen molar-refractivity contribution in [1.82, 2.24) is 5.32 Å². The lowest BCUT2D eigenvalue weighted by Gasteiger charge is -2.61. The summed E-state index contributed by atoms with van der Waals surface area (Å²) in [5.41, 5.74) is 3.18. The zero-order valence-electron chi connectivity index (χ0n) is 11.8. The summed E-state index contributed by atoms with van der Waals surface area (Å²) >= 11 is 0. The summed E-state index contributed by atoms with van der Waals surface area (Å²) in [4.78, 5) is 11.5. The highest BCUT2D eigenvalue weighted by Gasteiger charge is 2.58. The molecule has 0 aromatic heterocycles. The molecule has 5 unspecified atom stereocenters. The van der Waals surface area contributed by atoms with E-state index in [1.165, 1.54) is 11.1 Å². The van der Waals surface area contributed by atoms with Gasteiger partial charge in [-0.2, -0.15) is 0 Å². The summed E-state index contributed by atoms with van der Waals surface area (Å²) in [6.45, 7) is 2.27. The summed E-state index contributed by atoms with van der Waals surface area (Å²) in [6, 6.07) is 9.42. The SMILES string of the molecule is CCC12CC3NC(Cc4ccccc41)C2CC3C(=O)O. The van der Waals surface area contributed by atoms with Crippen LogP contribution in [0.3, 0.4) is 0 Å². The number of carboxylic acid groups (broad SMARTS) is 1. The minimum atomic E-state index is -0.621. The van der Waals surface area contributed by atoms with Gasteiger partial charge in [0, 0.05) is 17.5 Å². The van der Waals surface area contributed by atoms with Gasteiger partial charge in [0.2, 0.25) is 0 Å². The Morgan fingerprint density at radius 3 is 2.90 bits per heavy atom. The van der Waals surface area contributed by atoms with Gasteiger partial charge < -0.3 is 10.4 Å². The molecule has 2 aliphatic heterocycles. The molecule has 4 bridgehead atoms. The smallest absolute Gasteiger partial charge is 0.308 e. The van der Waals surface area contributed by atoms with E-state index in [1.54, 1.807) is 0 Å². The molecule has 3 nitrogen and oxygen atoms in total. The molecule has 2 saturated heterocycles. The molecule has 3 heteroatoms.